The number of hydrogen-bond acceptors (Lipinski definition) is 3. The summed E-state index contributed by atoms with van der Waals surface area (Å²) in [5, 5.41) is 2.52. The third kappa shape index (κ3) is 7.06. The van der Waals surface area contributed by atoms with Gasteiger partial charge in [0.05, 0.1) is 17.7 Å². The molecule has 1 unspecified atom stereocenters. The van der Waals surface area contributed by atoms with Crippen LogP contribution < -0.4 is 5.32 Å². The van der Waals surface area contributed by atoms with Crippen LogP contribution in [0.25, 0.3) is 0 Å². The molecule has 0 spiro atoms. The number of carbonyl (C=O) groups excluding carboxylic acids is 1. The first kappa shape index (κ1) is 30.8. The second-order valence-electron chi connectivity index (χ2n) is 9.98. The molecule has 1 aliphatic heterocycles. The molecule has 1 atom stereocenters. The van der Waals surface area contributed by atoms with E-state index in [-0.39, 0.29) is 36.0 Å². The van der Waals surface area contributed by atoms with Crippen LogP contribution in [0.1, 0.15) is 55.0 Å². The van der Waals surface area contributed by atoms with Gasteiger partial charge in [0, 0.05) is 23.1 Å². The molecule has 1 amide bonds. The normalized spacial score (nSPS) is 18.6. The monoisotopic (exact) mass is 632 g/mol. The van der Waals surface area contributed by atoms with E-state index in [0.717, 1.165) is 0 Å². The Morgan fingerprint density at radius 2 is 1.51 bits per heavy atom. The Morgan fingerprint density at radius 3 is 1.97 bits per heavy atom. The molecule has 4 nitrogen and oxygen atoms in total. The molecule has 1 heterocycles. The number of carbonyl (C=O) groups is 1. The van der Waals surface area contributed by atoms with Crippen molar-refractivity contribution in [1.29, 1.82) is 0 Å². The minimum absolute atomic E-state index is 0.000798. The minimum Gasteiger partial charge on any atom is -0.444 e. The van der Waals surface area contributed by atoms with E-state index in [1.807, 2.05) is 0 Å². The molecule has 0 aliphatic carbocycles. The van der Waals surface area contributed by atoms with Crippen molar-refractivity contribution in [3.63, 3.8) is 0 Å². The number of alkyl carbamates (subject to hydrolysis) is 1. The number of halogens is 10. The van der Waals surface area contributed by atoms with E-state index < -0.39 is 65.3 Å². The summed E-state index contributed by atoms with van der Waals surface area (Å²) in [5.41, 5.74) is -8.14. The molecule has 0 aromatic heterocycles. The lowest BCUT2D eigenvalue weighted by molar-refractivity contribution is -0.184. The Kier molecular flexibility index (Phi) is 8.15. The summed E-state index contributed by atoms with van der Waals surface area (Å²) >= 11 is 3.26. The van der Waals surface area contributed by atoms with Crippen LogP contribution >= 0.6 is 15.9 Å². The molecule has 39 heavy (non-hydrogen) atoms. The zero-order chi connectivity index (χ0) is 29.6. The van der Waals surface area contributed by atoms with Crippen molar-refractivity contribution in [2.45, 2.75) is 63.3 Å². The Hall–Kier alpha value is -2.77. The SMILES string of the molecule is CC(C)(C)OC(=O)NCc1ccc(C2=NCC(c3cc(C(F)(F)F)cc(C(F)(F)F)c3)(C(F)(F)F)C2)cc1Br. The lowest BCUT2D eigenvalue weighted by Gasteiger charge is -2.32. The van der Waals surface area contributed by atoms with E-state index in [1.54, 1.807) is 20.8 Å². The molecule has 214 valence electrons. The van der Waals surface area contributed by atoms with Crippen molar-refractivity contribution >= 4 is 27.7 Å². The van der Waals surface area contributed by atoms with E-state index >= 15 is 0 Å². The summed E-state index contributed by atoms with van der Waals surface area (Å²) in [7, 11) is 0. The van der Waals surface area contributed by atoms with Crippen molar-refractivity contribution in [3.05, 3.63) is 68.7 Å². The molecule has 0 radical (unpaired) electrons. The quantitative estimate of drug-likeness (QED) is 0.345. The van der Waals surface area contributed by atoms with Gasteiger partial charge in [-0.25, -0.2) is 4.79 Å². The lowest BCUT2D eigenvalue weighted by Crippen LogP contribution is -2.44. The van der Waals surface area contributed by atoms with Crippen molar-refractivity contribution < 1.29 is 49.0 Å². The highest BCUT2D eigenvalue weighted by molar-refractivity contribution is 9.10. The van der Waals surface area contributed by atoms with Gasteiger partial charge in [-0.1, -0.05) is 28.1 Å². The number of nitrogens with one attached hydrogen (secondary N) is 1. The number of benzene rings is 2. The number of hydrogen-bond donors (Lipinski definition) is 1. The molecule has 0 saturated heterocycles. The minimum atomic E-state index is -5.31. The topological polar surface area (TPSA) is 50.7 Å². The van der Waals surface area contributed by atoms with E-state index in [2.05, 4.69) is 26.2 Å². The van der Waals surface area contributed by atoms with Gasteiger partial charge >= 0.3 is 24.6 Å². The molecule has 0 saturated carbocycles. The Morgan fingerprint density at radius 1 is 0.949 bits per heavy atom. The average molecular weight is 633 g/mol. The van der Waals surface area contributed by atoms with Crippen LogP contribution in [0, 0.1) is 0 Å². The molecule has 2 aromatic rings. The second-order valence-corrected chi connectivity index (χ2v) is 10.8. The molecule has 0 bridgehead atoms. The lowest BCUT2D eigenvalue weighted by atomic mass is 9.75. The summed E-state index contributed by atoms with van der Waals surface area (Å²) in [6, 6.07) is 4.27. The van der Waals surface area contributed by atoms with Crippen molar-refractivity contribution in [2.24, 2.45) is 4.99 Å². The van der Waals surface area contributed by atoms with Crippen LogP contribution in [0.15, 0.2) is 45.9 Å². The highest BCUT2D eigenvalue weighted by Crippen LogP contribution is 2.50. The fourth-order valence-corrected chi connectivity index (χ4v) is 4.47. The Balaban J connectivity index is 1.94. The predicted molar refractivity (Wildman–Crippen MR) is 127 cm³/mol. The van der Waals surface area contributed by atoms with Crippen LogP contribution in [-0.4, -0.2) is 30.1 Å². The zero-order valence-electron chi connectivity index (χ0n) is 20.6. The molecule has 3 rings (SSSR count). The number of nitrogens with zero attached hydrogens (tertiary/aromatic N) is 1. The Bertz CT molecular complexity index is 1250. The predicted octanol–water partition coefficient (Wildman–Crippen LogP) is 8.20. The maximum absolute atomic E-state index is 14.4. The number of alkyl halides is 9. The van der Waals surface area contributed by atoms with Gasteiger partial charge in [0.1, 0.15) is 11.0 Å². The largest absolute Gasteiger partial charge is 0.444 e. The van der Waals surface area contributed by atoms with Crippen LogP contribution in [0.2, 0.25) is 0 Å². The fourth-order valence-electron chi connectivity index (χ4n) is 3.95. The molecular formula is C25H22BrF9N2O2. The van der Waals surface area contributed by atoms with Crippen LogP contribution in [-0.2, 0) is 29.0 Å². The van der Waals surface area contributed by atoms with Gasteiger partial charge in [-0.2, -0.15) is 39.5 Å². The molecule has 0 fully saturated rings. The van der Waals surface area contributed by atoms with Gasteiger partial charge in [-0.15, -0.1) is 0 Å². The third-order valence-electron chi connectivity index (χ3n) is 5.90. The van der Waals surface area contributed by atoms with Crippen molar-refractivity contribution in [3.8, 4) is 0 Å². The first-order valence-electron chi connectivity index (χ1n) is 11.3. The van der Waals surface area contributed by atoms with Crippen LogP contribution in [0.5, 0.6) is 0 Å². The highest BCUT2D eigenvalue weighted by Gasteiger charge is 2.59. The number of ether oxygens (including phenoxy) is 1. The maximum atomic E-state index is 14.4. The first-order chi connectivity index (χ1) is 17.6. The number of rotatable bonds is 4. The van der Waals surface area contributed by atoms with Gasteiger partial charge in [0.2, 0.25) is 0 Å². The van der Waals surface area contributed by atoms with Gasteiger partial charge in [-0.3, -0.25) is 4.99 Å². The molecule has 2 aromatic carbocycles. The van der Waals surface area contributed by atoms with Gasteiger partial charge in [0.15, 0.2) is 0 Å². The van der Waals surface area contributed by atoms with E-state index in [0.29, 0.717) is 10.0 Å². The van der Waals surface area contributed by atoms with Crippen LogP contribution in [0.4, 0.5) is 44.3 Å². The third-order valence-corrected chi connectivity index (χ3v) is 6.64. The molecule has 1 N–H and O–H groups in total. The summed E-state index contributed by atoms with van der Waals surface area (Å²) in [5.74, 6) is 0. The maximum Gasteiger partial charge on any atom is 0.416 e. The smallest absolute Gasteiger partial charge is 0.416 e. The summed E-state index contributed by atoms with van der Waals surface area (Å²) in [6.07, 6.45) is -17.5. The van der Waals surface area contributed by atoms with E-state index in [4.69, 9.17) is 4.74 Å². The highest BCUT2D eigenvalue weighted by atomic mass is 79.9. The second kappa shape index (κ2) is 10.3. The van der Waals surface area contributed by atoms with E-state index in [9.17, 15) is 44.3 Å². The number of aliphatic imine (C=N–C) groups is 1. The van der Waals surface area contributed by atoms with E-state index in [1.165, 1.54) is 18.2 Å². The summed E-state index contributed by atoms with van der Waals surface area (Å²) < 4.78 is 129. The Labute approximate surface area is 225 Å². The molecule has 14 heteroatoms. The first-order valence-corrected chi connectivity index (χ1v) is 12.1. The van der Waals surface area contributed by atoms with Crippen molar-refractivity contribution in [2.75, 3.05) is 6.54 Å². The number of amides is 1. The fraction of sp³-hybridized carbons (Fsp3) is 0.440. The van der Waals surface area contributed by atoms with Gasteiger partial charge in [0.25, 0.3) is 0 Å². The standard InChI is InChI=1S/C25H22BrF9N2O2/c1-21(2,3)39-20(38)36-11-14-5-4-13(6-18(14)26)19-10-22(12-37-19,25(33,34)35)15-7-16(23(27,28)29)9-17(8-15)24(30,31)32/h4-9H,10-12H2,1-3H3,(H,36,38). The zero-order valence-corrected chi connectivity index (χ0v) is 22.2. The summed E-state index contributed by atoms with van der Waals surface area (Å²) in [4.78, 5) is 15.8. The molecule has 1 aliphatic rings. The molecular weight excluding hydrogens is 611 g/mol. The van der Waals surface area contributed by atoms with Crippen LogP contribution in [0.3, 0.4) is 0 Å². The van der Waals surface area contributed by atoms with Gasteiger partial charge < -0.3 is 10.1 Å². The van der Waals surface area contributed by atoms with Gasteiger partial charge in [-0.05, 0) is 61.7 Å². The average Bonchev–Trinajstić information content (AvgIpc) is 3.22. The van der Waals surface area contributed by atoms with Crippen molar-refractivity contribution in [1.82, 2.24) is 5.32 Å². The summed E-state index contributed by atoms with van der Waals surface area (Å²) in [6.45, 7) is 3.92.